The van der Waals surface area contributed by atoms with Crippen LogP contribution in [-0.2, 0) is 4.79 Å². The summed E-state index contributed by atoms with van der Waals surface area (Å²) in [5, 5.41) is 19.6. The lowest BCUT2D eigenvalue weighted by Gasteiger charge is -2.25. The van der Waals surface area contributed by atoms with Gasteiger partial charge in [0, 0.05) is 0 Å². The maximum Gasteiger partial charge on any atom is 0.329 e. The fraction of sp³-hybridized carbons (Fsp3) is 0.375. The number of rotatable bonds is 6. The number of hydrogen-bond donors (Lipinski definition) is 2. The van der Waals surface area contributed by atoms with Gasteiger partial charge in [-0.1, -0.05) is 36.3 Å². The van der Waals surface area contributed by atoms with E-state index in [1.165, 1.54) is 17.8 Å². The summed E-state index contributed by atoms with van der Waals surface area (Å²) in [6.07, 6.45) is 2.45. The summed E-state index contributed by atoms with van der Waals surface area (Å²) < 4.78 is 1.48. The van der Waals surface area contributed by atoms with Gasteiger partial charge < -0.3 is 10.4 Å². The molecule has 0 saturated heterocycles. The Hall–Kier alpha value is -2.70. The number of carbonyl (C=O) groups is 2. The molecule has 2 N–H and O–H groups in total. The Bertz CT molecular complexity index is 708. The minimum absolute atomic E-state index is 0.0779. The number of aromatic nitrogens is 3. The molecular formula is C16H20N4O3. The van der Waals surface area contributed by atoms with E-state index in [9.17, 15) is 14.7 Å². The summed E-state index contributed by atoms with van der Waals surface area (Å²) in [6.45, 7) is 5.33. The molecule has 1 unspecified atom stereocenters. The van der Waals surface area contributed by atoms with Crippen molar-refractivity contribution < 1.29 is 14.7 Å². The second-order valence-electron chi connectivity index (χ2n) is 5.73. The quantitative estimate of drug-likeness (QED) is 0.849. The molecule has 1 aromatic heterocycles. The lowest BCUT2D eigenvalue weighted by atomic mass is 9.96. The zero-order valence-electron chi connectivity index (χ0n) is 13.4. The minimum atomic E-state index is -1.32. The summed E-state index contributed by atoms with van der Waals surface area (Å²) in [7, 11) is 0. The third-order valence-corrected chi connectivity index (χ3v) is 3.64. The predicted octanol–water partition coefficient (Wildman–Crippen LogP) is 1.95. The standard InChI is InChI=1S/C16H20N4O3/c1-4-9-16(3,15(22)23)17-14(21)13-10-20(19-18-13)12-7-5-11(2)6-8-12/h5-8,10H,4,9H2,1-3H3,(H,17,21)(H,22,23). The second-order valence-corrected chi connectivity index (χ2v) is 5.73. The first-order valence-corrected chi connectivity index (χ1v) is 7.41. The molecule has 0 aliphatic rings. The molecule has 23 heavy (non-hydrogen) atoms. The SMILES string of the molecule is CCCC(C)(NC(=O)c1cn(-c2ccc(C)cc2)nn1)C(=O)O. The number of aryl methyl sites for hydroxylation is 1. The second kappa shape index (κ2) is 6.60. The number of aliphatic carboxylic acids is 1. The molecule has 7 nitrogen and oxygen atoms in total. The number of carbonyl (C=O) groups excluding carboxylic acids is 1. The first kappa shape index (κ1) is 16.7. The molecule has 0 bridgehead atoms. The molecule has 1 aromatic carbocycles. The zero-order chi connectivity index (χ0) is 17.0. The molecule has 1 amide bonds. The number of nitrogens with one attached hydrogen (secondary N) is 1. The molecule has 0 saturated carbocycles. The van der Waals surface area contributed by atoms with E-state index in [-0.39, 0.29) is 5.69 Å². The van der Waals surface area contributed by atoms with Crippen LogP contribution in [0.2, 0.25) is 0 Å². The van der Waals surface area contributed by atoms with Crippen molar-refractivity contribution in [2.45, 2.75) is 39.2 Å². The highest BCUT2D eigenvalue weighted by molar-refractivity contribution is 5.96. The van der Waals surface area contributed by atoms with Crippen LogP contribution in [0.5, 0.6) is 0 Å². The third kappa shape index (κ3) is 3.74. The summed E-state index contributed by atoms with van der Waals surface area (Å²) in [4.78, 5) is 23.6. The van der Waals surface area contributed by atoms with Gasteiger partial charge in [0.05, 0.1) is 11.9 Å². The average Bonchev–Trinajstić information content (AvgIpc) is 2.98. The number of benzene rings is 1. The summed E-state index contributed by atoms with van der Waals surface area (Å²) in [6, 6.07) is 7.59. The normalized spacial score (nSPS) is 13.3. The molecule has 2 aromatic rings. The predicted molar refractivity (Wildman–Crippen MR) is 84.5 cm³/mol. The highest BCUT2D eigenvalue weighted by Crippen LogP contribution is 2.14. The Morgan fingerprint density at radius 3 is 2.52 bits per heavy atom. The van der Waals surface area contributed by atoms with Gasteiger partial charge in [-0.2, -0.15) is 0 Å². The van der Waals surface area contributed by atoms with Gasteiger partial charge in [-0.05, 0) is 32.4 Å². The lowest BCUT2D eigenvalue weighted by molar-refractivity contribution is -0.144. The Morgan fingerprint density at radius 2 is 1.96 bits per heavy atom. The van der Waals surface area contributed by atoms with Gasteiger partial charge in [0.1, 0.15) is 5.54 Å². The van der Waals surface area contributed by atoms with E-state index in [4.69, 9.17) is 0 Å². The van der Waals surface area contributed by atoms with E-state index in [1.54, 1.807) is 0 Å². The Kier molecular flexibility index (Phi) is 4.78. The molecule has 1 atom stereocenters. The number of carboxylic acids is 1. The third-order valence-electron chi connectivity index (χ3n) is 3.64. The first-order chi connectivity index (χ1) is 10.9. The molecule has 122 valence electrons. The van der Waals surface area contributed by atoms with E-state index in [1.807, 2.05) is 38.1 Å². The van der Waals surface area contributed by atoms with Crippen LogP contribution < -0.4 is 5.32 Å². The van der Waals surface area contributed by atoms with Gasteiger partial charge in [0.2, 0.25) is 0 Å². The van der Waals surface area contributed by atoms with Gasteiger partial charge in [-0.15, -0.1) is 5.10 Å². The van der Waals surface area contributed by atoms with Crippen LogP contribution in [0.1, 0.15) is 42.7 Å². The van der Waals surface area contributed by atoms with E-state index in [0.29, 0.717) is 12.8 Å². The molecule has 0 radical (unpaired) electrons. The van der Waals surface area contributed by atoms with Crippen molar-refractivity contribution in [2.75, 3.05) is 0 Å². The zero-order valence-corrected chi connectivity index (χ0v) is 13.4. The van der Waals surface area contributed by atoms with Crippen molar-refractivity contribution in [2.24, 2.45) is 0 Å². The number of nitrogens with zero attached hydrogens (tertiary/aromatic N) is 3. The highest BCUT2D eigenvalue weighted by atomic mass is 16.4. The molecule has 0 aliphatic carbocycles. The molecule has 2 rings (SSSR count). The maximum atomic E-state index is 12.2. The van der Waals surface area contributed by atoms with Crippen molar-refractivity contribution in [3.8, 4) is 5.69 Å². The Balaban J connectivity index is 2.18. The number of carboxylic acid groups (broad SMARTS) is 1. The summed E-state index contributed by atoms with van der Waals surface area (Å²) >= 11 is 0. The Morgan fingerprint density at radius 1 is 1.30 bits per heavy atom. The van der Waals surface area contributed by atoms with Crippen LogP contribution in [0.25, 0.3) is 5.69 Å². The van der Waals surface area contributed by atoms with Crippen LogP contribution in [0.4, 0.5) is 0 Å². The molecule has 7 heteroatoms. The van der Waals surface area contributed by atoms with Gasteiger partial charge in [-0.25, -0.2) is 9.48 Å². The minimum Gasteiger partial charge on any atom is -0.480 e. The number of amides is 1. The highest BCUT2D eigenvalue weighted by Gasteiger charge is 2.34. The van der Waals surface area contributed by atoms with Crippen LogP contribution in [-0.4, -0.2) is 37.5 Å². The summed E-state index contributed by atoms with van der Waals surface area (Å²) in [5.74, 6) is -1.62. The van der Waals surface area contributed by atoms with Crippen LogP contribution in [0.3, 0.4) is 0 Å². The van der Waals surface area contributed by atoms with Gasteiger partial charge in [-0.3, -0.25) is 4.79 Å². The van der Waals surface area contributed by atoms with Crippen molar-refractivity contribution in [3.63, 3.8) is 0 Å². The van der Waals surface area contributed by atoms with E-state index >= 15 is 0 Å². The van der Waals surface area contributed by atoms with Crippen molar-refractivity contribution in [1.29, 1.82) is 0 Å². The largest absolute Gasteiger partial charge is 0.480 e. The van der Waals surface area contributed by atoms with E-state index < -0.39 is 17.4 Å². The topological polar surface area (TPSA) is 97.1 Å². The van der Waals surface area contributed by atoms with E-state index in [2.05, 4.69) is 15.6 Å². The van der Waals surface area contributed by atoms with E-state index in [0.717, 1.165) is 11.3 Å². The monoisotopic (exact) mass is 316 g/mol. The average molecular weight is 316 g/mol. The molecule has 0 fully saturated rings. The Labute approximate surface area is 134 Å². The molecular weight excluding hydrogens is 296 g/mol. The fourth-order valence-electron chi connectivity index (χ4n) is 2.23. The van der Waals surface area contributed by atoms with Gasteiger partial charge >= 0.3 is 5.97 Å². The summed E-state index contributed by atoms with van der Waals surface area (Å²) in [5.41, 5.74) is 0.647. The van der Waals surface area contributed by atoms with Crippen molar-refractivity contribution >= 4 is 11.9 Å². The first-order valence-electron chi connectivity index (χ1n) is 7.41. The fourth-order valence-corrected chi connectivity index (χ4v) is 2.23. The molecule has 1 heterocycles. The smallest absolute Gasteiger partial charge is 0.329 e. The lowest BCUT2D eigenvalue weighted by Crippen LogP contribution is -2.52. The van der Waals surface area contributed by atoms with Gasteiger partial charge in [0.15, 0.2) is 5.69 Å². The van der Waals surface area contributed by atoms with Crippen molar-refractivity contribution in [3.05, 3.63) is 41.7 Å². The van der Waals surface area contributed by atoms with Crippen molar-refractivity contribution in [1.82, 2.24) is 20.3 Å². The maximum absolute atomic E-state index is 12.2. The molecule has 0 spiro atoms. The number of hydrogen-bond acceptors (Lipinski definition) is 4. The van der Waals surface area contributed by atoms with Crippen LogP contribution in [0.15, 0.2) is 30.5 Å². The van der Waals surface area contributed by atoms with Gasteiger partial charge in [0.25, 0.3) is 5.91 Å². The van der Waals surface area contributed by atoms with Crippen LogP contribution in [0, 0.1) is 6.92 Å². The van der Waals surface area contributed by atoms with Crippen LogP contribution >= 0.6 is 0 Å². The molecule has 0 aliphatic heterocycles.